The van der Waals surface area contributed by atoms with Gasteiger partial charge < -0.3 is 10.4 Å². The number of benzene rings is 2. The van der Waals surface area contributed by atoms with Gasteiger partial charge in [0.15, 0.2) is 0 Å². The molecule has 0 bridgehead atoms. The third-order valence-electron chi connectivity index (χ3n) is 4.11. The van der Waals surface area contributed by atoms with Crippen LogP contribution in [-0.4, -0.2) is 34.5 Å². The van der Waals surface area contributed by atoms with E-state index in [9.17, 15) is 14.7 Å². The number of carboxylic acid groups (broad SMARTS) is 1. The SMILES string of the molecule is CC(C)C(NC(=O)CN(Cc1ccccc1)Cc1ccccc1)C(=O)O. The van der Waals surface area contributed by atoms with Gasteiger partial charge >= 0.3 is 5.97 Å². The molecule has 5 heteroatoms. The van der Waals surface area contributed by atoms with E-state index in [1.807, 2.05) is 65.6 Å². The summed E-state index contributed by atoms with van der Waals surface area (Å²) >= 11 is 0. The van der Waals surface area contributed by atoms with E-state index in [0.717, 1.165) is 11.1 Å². The van der Waals surface area contributed by atoms with Crippen molar-refractivity contribution in [2.24, 2.45) is 5.92 Å². The van der Waals surface area contributed by atoms with Crippen LogP contribution in [0.4, 0.5) is 0 Å². The molecule has 138 valence electrons. The highest BCUT2D eigenvalue weighted by Crippen LogP contribution is 2.10. The molecule has 1 unspecified atom stereocenters. The lowest BCUT2D eigenvalue weighted by Crippen LogP contribution is -2.47. The average Bonchev–Trinajstić information content (AvgIpc) is 2.61. The summed E-state index contributed by atoms with van der Waals surface area (Å²) in [5.74, 6) is -1.46. The van der Waals surface area contributed by atoms with Crippen molar-refractivity contribution in [1.29, 1.82) is 0 Å². The Morgan fingerprint density at radius 1 is 0.923 bits per heavy atom. The zero-order valence-electron chi connectivity index (χ0n) is 15.3. The second-order valence-corrected chi connectivity index (χ2v) is 6.74. The number of nitrogens with zero attached hydrogens (tertiary/aromatic N) is 1. The molecule has 0 saturated carbocycles. The molecule has 0 spiro atoms. The van der Waals surface area contributed by atoms with Crippen molar-refractivity contribution in [3.05, 3.63) is 71.8 Å². The fraction of sp³-hybridized carbons (Fsp3) is 0.333. The Bertz CT molecular complexity index is 660. The Labute approximate surface area is 154 Å². The molecule has 0 saturated heterocycles. The van der Waals surface area contributed by atoms with Gasteiger partial charge in [0.25, 0.3) is 0 Å². The topological polar surface area (TPSA) is 69.6 Å². The standard InChI is InChI=1S/C21H26N2O3/c1-16(2)20(21(25)26)22-19(24)15-23(13-17-9-5-3-6-10-17)14-18-11-7-4-8-12-18/h3-12,16,20H,13-15H2,1-2H3,(H,22,24)(H,25,26). The molecular formula is C21H26N2O3. The van der Waals surface area contributed by atoms with E-state index in [2.05, 4.69) is 5.32 Å². The van der Waals surface area contributed by atoms with Gasteiger partial charge in [-0.3, -0.25) is 9.69 Å². The van der Waals surface area contributed by atoms with Gasteiger partial charge in [0.05, 0.1) is 6.54 Å². The van der Waals surface area contributed by atoms with E-state index in [1.54, 1.807) is 13.8 Å². The second kappa shape index (κ2) is 9.73. The molecule has 0 aliphatic carbocycles. The smallest absolute Gasteiger partial charge is 0.326 e. The molecule has 0 heterocycles. The predicted molar refractivity (Wildman–Crippen MR) is 101 cm³/mol. The number of carboxylic acids is 1. The molecule has 1 amide bonds. The summed E-state index contributed by atoms with van der Waals surface area (Å²) in [5.41, 5.74) is 2.21. The molecular weight excluding hydrogens is 328 g/mol. The largest absolute Gasteiger partial charge is 0.480 e. The average molecular weight is 354 g/mol. The normalized spacial score (nSPS) is 12.2. The quantitative estimate of drug-likeness (QED) is 0.726. The molecule has 0 radical (unpaired) electrons. The highest BCUT2D eigenvalue weighted by atomic mass is 16.4. The van der Waals surface area contributed by atoms with Crippen molar-refractivity contribution in [2.75, 3.05) is 6.54 Å². The van der Waals surface area contributed by atoms with Gasteiger partial charge in [-0.15, -0.1) is 0 Å². The Morgan fingerprint density at radius 3 is 1.77 bits per heavy atom. The van der Waals surface area contributed by atoms with Gasteiger partial charge in [-0.25, -0.2) is 4.79 Å². The van der Waals surface area contributed by atoms with Crippen molar-refractivity contribution in [3.8, 4) is 0 Å². The molecule has 2 N–H and O–H groups in total. The zero-order chi connectivity index (χ0) is 18.9. The molecule has 2 rings (SSSR count). The fourth-order valence-corrected chi connectivity index (χ4v) is 2.79. The first-order chi connectivity index (χ1) is 12.5. The highest BCUT2D eigenvalue weighted by Gasteiger charge is 2.24. The summed E-state index contributed by atoms with van der Waals surface area (Å²) in [6.45, 7) is 4.93. The van der Waals surface area contributed by atoms with Crippen LogP contribution in [0.15, 0.2) is 60.7 Å². The molecule has 2 aromatic carbocycles. The van der Waals surface area contributed by atoms with Crippen LogP contribution in [0.1, 0.15) is 25.0 Å². The van der Waals surface area contributed by atoms with E-state index < -0.39 is 12.0 Å². The first-order valence-corrected chi connectivity index (χ1v) is 8.78. The number of carbonyl (C=O) groups is 2. The second-order valence-electron chi connectivity index (χ2n) is 6.74. The first-order valence-electron chi connectivity index (χ1n) is 8.78. The monoisotopic (exact) mass is 354 g/mol. The van der Waals surface area contributed by atoms with Gasteiger partial charge in [0.2, 0.25) is 5.91 Å². The highest BCUT2D eigenvalue weighted by molar-refractivity contribution is 5.84. The summed E-state index contributed by atoms with van der Waals surface area (Å²) in [6, 6.07) is 19.0. The lowest BCUT2D eigenvalue weighted by molar-refractivity contribution is -0.143. The van der Waals surface area contributed by atoms with E-state index in [0.29, 0.717) is 13.1 Å². The predicted octanol–water partition coefficient (Wildman–Crippen LogP) is 2.91. The molecule has 26 heavy (non-hydrogen) atoms. The number of rotatable bonds is 9. The maximum absolute atomic E-state index is 12.4. The molecule has 0 aromatic heterocycles. The van der Waals surface area contributed by atoms with Gasteiger partial charge in [0, 0.05) is 13.1 Å². The van der Waals surface area contributed by atoms with Crippen molar-refractivity contribution >= 4 is 11.9 Å². The van der Waals surface area contributed by atoms with Crippen LogP contribution in [0.3, 0.4) is 0 Å². The number of hydrogen-bond acceptors (Lipinski definition) is 3. The third kappa shape index (κ3) is 6.33. The lowest BCUT2D eigenvalue weighted by atomic mass is 10.0. The van der Waals surface area contributed by atoms with Crippen LogP contribution in [0, 0.1) is 5.92 Å². The lowest BCUT2D eigenvalue weighted by Gasteiger charge is -2.24. The van der Waals surface area contributed by atoms with E-state index >= 15 is 0 Å². The first kappa shape index (κ1) is 19.7. The minimum absolute atomic E-state index is 0.139. The van der Waals surface area contributed by atoms with Gasteiger partial charge in [0.1, 0.15) is 6.04 Å². The summed E-state index contributed by atoms with van der Waals surface area (Å²) in [4.78, 5) is 25.8. The van der Waals surface area contributed by atoms with Gasteiger partial charge in [-0.2, -0.15) is 0 Å². The summed E-state index contributed by atoms with van der Waals surface area (Å²) in [7, 11) is 0. The maximum atomic E-state index is 12.4. The molecule has 0 aliphatic heterocycles. The third-order valence-corrected chi connectivity index (χ3v) is 4.11. The maximum Gasteiger partial charge on any atom is 0.326 e. The summed E-state index contributed by atoms with van der Waals surface area (Å²) in [6.07, 6.45) is 0. The van der Waals surface area contributed by atoms with E-state index in [1.165, 1.54) is 0 Å². The van der Waals surface area contributed by atoms with Gasteiger partial charge in [-0.05, 0) is 17.0 Å². The van der Waals surface area contributed by atoms with Crippen LogP contribution in [0.25, 0.3) is 0 Å². The molecule has 2 aromatic rings. The van der Waals surface area contributed by atoms with Crippen molar-refractivity contribution in [1.82, 2.24) is 10.2 Å². The molecule has 0 fully saturated rings. The number of hydrogen-bond donors (Lipinski definition) is 2. The van der Waals surface area contributed by atoms with Crippen molar-refractivity contribution in [3.63, 3.8) is 0 Å². The zero-order valence-corrected chi connectivity index (χ0v) is 15.3. The fourth-order valence-electron chi connectivity index (χ4n) is 2.79. The van der Waals surface area contributed by atoms with Crippen LogP contribution in [0.5, 0.6) is 0 Å². The van der Waals surface area contributed by atoms with Crippen LogP contribution in [0.2, 0.25) is 0 Å². The summed E-state index contributed by atoms with van der Waals surface area (Å²) in [5, 5.41) is 11.9. The number of carbonyl (C=O) groups excluding carboxylic acids is 1. The Kier molecular flexibility index (Phi) is 7.36. The minimum Gasteiger partial charge on any atom is -0.480 e. The van der Waals surface area contributed by atoms with Gasteiger partial charge in [-0.1, -0.05) is 74.5 Å². The number of amides is 1. The number of aliphatic carboxylic acids is 1. The van der Waals surface area contributed by atoms with Crippen LogP contribution >= 0.6 is 0 Å². The van der Waals surface area contributed by atoms with Crippen LogP contribution < -0.4 is 5.32 Å². The summed E-state index contributed by atoms with van der Waals surface area (Å²) < 4.78 is 0. The molecule has 1 atom stereocenters. The molecule has 5 nitrogen and oxygen atoms in total. The van der Waals surface area contributed by atoms with Crippen molar-refractivity contribution < 1.29 is 14.7 Å². The van der Waals surface area contributed by atoms with E-state index in [4.69, 9.17) is 0 Å². The van der Waals surface area contributed by atoms with Crippen LogP contribution in [-0.2, 0) is 22.7 Å². The molecule has 0 aliphatic rings. The minimum atomic E-state index is -1.01. The Hall–Kier alpha value is -2.66. The van der Waals surface area contributed by atoms with E-state index in [-0.39, 0.29) is 18.4 Å². The van der Waals surface area contributed by atoms with Crippen molar-refractivity contribution in [2.45, 2.75) is 33.0 Å². The number of nitrogens with one attached hydrogen (secondary N) is 1. The Morgan fingerprint density at radius 2 is 1.38 bits per heavy atom. The Balaban J connectivity index is 2.07.